The van der Waals surface area contributed by atoms with Crippen LogP contribution in [0.3, 0.4) is 0 Å². The lowest BCUT2D eigenvalue weighted by atomic mass is 10.0. The van der Waals surface area contributed by atoms with E-state index in [1.165, 1.54) is 24.5 Å². The highest BCUT2D eigenvalue weighted by molar-refractivity contribution is 6.06. The molecule has 4 aromatic rings. The third-order valence-electron chi connectivity index (χ3n) is 4.18. The summed E-state index contributed by atoms with van der Waals surface area (Å²) in [5.74, 6) is 0. The Hall–Kier alpha value is -3.94. The number of pyridine rings is 2. The Morgan fingerprint density at radius 1 is 0.615 bits per heavy atom. The van der Waals surface area contributed by atoms with Crippen LogP contribution < -0.4 is 0 Å². The van der Waals surface area contributed by atoms with E-state index in [0.717, 1.165) is 0 Å². The van der Waals surface area contributed by atoms with E-state index in [9.17, 15) is 20.2 Å². The van der Waals surface area contributed by atoms with E-state index in [1.807, 2.05) is 0 Å². The molecule has 2 heterocycles. The number of non-ortho nitro benzene ring substituents is 2. The van der Waals surface area contributed by atoms with E-state index in [2.05, 4.69) is 9.97 Å². The fourth-order valence-electron chi connectivity index (χ4n) is 3.08. The predicted octanol–water partition coefficient (Wildman–Crippen LogP) is 4.27. The molecule has 0 amide bonds. The molecule has 0 atom stereocenters. The first kappa shape index (κ1) is 15.6. The van der Waals surface area contributed by atoms with Crippen LogP contribution in [0.5, 0.6) is 0 Å². The van der Waals surface area contributed by atoms with E-state index < -0.39 is 9.85 Å². The minimum absolute atomic E-state index is 0.0302. The van der Waals surface area contributed by atoms with Gasteiger partial charge in [-0.15, -0.1) is 0 Å². The largest absolute Gasteiger partial charge is 0.277 e. The molecule has 0 aliphatic rings. The Balaban J connectivity index is 2.09. The Kier molecular flexibility index (Phi) is 3.51. The third-order valence-corrected chi connectivity index (χ3v) is 4.18. The fraction of sp³-hybridized carbons (Fsp3) is 0. The monoisotopic (exact) mass is 346 g/mol. The van der Waals surface area contributed by atoms with Crippen molar-refractivity contribution in [3.05, 3.63) is 81.2 Å². The number of benzene rings is 2. The number of nitro groups is 2. The number of fused-ring (bicyclic) bond motifs is 2. The summed E-state index contributed by atoms with van der Waals surface area (Å²) in [7, 11) is 0. The molecular formula is C18H10N4O4. The molecule has 0 saturated heterocycles. The molecule has 0 aliphatic heterocycles. The minimum Gasteiger partial charge on any atom is -0.258 e. The van der Waals surface area contributed by atoms with E-state index in [0.29, 0.717) is 32.9 Å². The second-order valence-electron chi connectivity index (χ2n) is 5.58. The smallest absolute Gasteiger partial charge is 0.258 e. The van der Waals surface area contributed by atoms with Crippen molar-refractivity contribution < 1.29 is 9.85 Å². The van der Waals surface area contributed by atoms with Gasteiger partial charge in [0.2, 0.25) is 0 Å². The highest BCUT2D eigenvalue weighted by Gasteiger charge is 2.19. The van der Waals surface area contributed by atoms with Crippen LogP contribution in [0.4, 0.5) is 11.4 Å². The second-order valence-corrected chi connectivity index (χ2v) is 5.58. The molecule has 4 rings (SSSR count). The zero-order chi connectivity index (χ0) is 18.3. The van der Waals surface area contributed by atoms with E-state index in [-0.39, 0.29) is 11.4 Å². The molecule has 0 spiro atoms. The maximum Gasteiger partial charge on any atom is 0.277 e. The summed E-state index contributed by atoms with van der Waals surface area (Å²) in [6, 6.07) is 12.6. The van der Waals surface area contributed by atoms with Gasteiger partial charge in [0, 0.05) is 35.3 Å². The SMILES string of the molecule is O=[N+]([O-])c1cccc2c(-c3nccc4c([N+](=O)[O-])cccc34)nccc12. The number of hydrogen-bond acceptors (Lipinski definition) is 6. The van der Waals surface area contributed by atoms with Crippen LogP contribution >= 0.6 is 0 Å². The second kappa shape index (κ2) is 5.85. The van der Waals surface area contributed by atoms with Gasteiger partial charge in [0.25, 0.3) is 11.4 Å². The summed E-state index contributed by atoms with van der Waals surface area (Å²) < 4.78 is 0. The van der Waals surface area contributed by atoms with Gasteiger partial charge in [-0.3, -0.25) is 30.2 Å². The van der Waals surface area contributed by atoms with E-state index >= 15 is 0 Å². The van der Waals surface area contributed by atoms with Crippen molar-refractivity contribution in [1.82, 2.24) is 9.97 Å². The molecule has 0 fully saturated rings. The van der Waals surface area contributed by atoms with Crippen molar-refractivity contribution in [3.63, 3.8) is 0 Å². The van der Waals surface area contributed by atoms with Crippen molar-refractivity contribution in [2.45, 2.75) is 0 Å². The molecule has 2 aromatic heterocycles. The lowest BCUT2D eigenvalue weighted by molar-refractivity contribution is -0.383. The van der Waals surface area contributed by atoms with Gasteiger partial charge >= 0.3 is 0 Å². The number of hydrogen-bond donors (Lipinski definition) is 0. The van der Waals surface area contributed by atoms with Crippen molar-refractivity contribution in [2.24, 2.45) is 0 Å². The van der Waals surface area contributed by atoms with Gasteiger partial charge in [-0.25, -0.2) is 0 Å². The molecule has 0 unspecified atom stereocenters. The van der Waals surface area contributed by atoms with Crippen LogP contribution in [0.1, 0.15) is 0 Å². The number of rotatable bonds is 3. The lowest BCUT2D eigenvalue weighted by Gasteiger charge is -2.08. The first-order chi connectivity index (χ1) is 12.6. The van der Waals surface area contributed by atoms with E-state index in [1.54, 1.807) is 36.4 Å². The third kappa shape index (κ3) is 2.32. The van der Waals surface area contributed by atoms with Gasteiger partial charge < -0.3 is 0 Å². The fourth-order valence-corrected chi connectivity index (χ4v) is 3.08. The molecule has 0 aliphatic carbocycles. The molecule has 126 valence electrons. The van der Waals surface area contributed by atoms with Crippen molar-refractivity contribution in [1.29, 1.82) is 0 Å². The van der Waals surface area contributed by atoms with Crippen LogP contribution in [-0.4, -0.2) is 19.8 Å². The van der Waals surface area contributed by atoms with Crippen LogP contribution in [-0.2, 0) is 0 Å². The Labute approximate surface area is 146 Å². The van der Waals surface area contributed by atoms with Crippen LogP contribution in [0.15, 0.2) is 60.9 Å². The molecule has 0 saturated carbocycles. The molecule has 0 radical (unpaired) electrons. The van der Waals surface area contributed by atoms with Crippen LogP contribution in [0.2, 0.25) is 0 Å². The normalized spacial score (nSPS) is 10.9. The maximum atomic E-state index is 11.3. The van der Waals surface area contributed by atoms with Gasteiger partial charge in [-0.1, -0.05) is 24.3 Å². The van der Waals surface area contributed by atoms with Gasteiger partial charge in [-0.2, -0.15) is 0 Å². The number of nitro benzene ring substituents is 2. The molecule has 8 nitrogen and oxygen atoms in total. The van der Waals surface area contributed by atoms with Gasteiger partial charge in [-0.05, 0) is 12.1 Å². The molecule has 0 bridgehead atoms. The standard InChI is InChI=1S/C18H10N4O4/c23-21(24)15-5-1-3-13-11(15)7-9-19-17(13)18-14-4-2-6-16(22(25)26)12(14)8-10-20-18/h1-10H. The Morgan fingerprint density at radius 2 is 1.04 bits per heavy atom. The Bertz CT molecular complexity index is 1110. The summed E-state index contributed by atoms with van der Waals surface area (Å²) in [5, 5.41) is 24.6. The zero-order valence-corrected chi connectivity index (χ0v) is 13.2. The summed E-state index contributed by atoms with van der Waals surface area (Å²) in [5.41, 5.74) is 0.823. The summed E-state index contributed by atoms with van der Waals surface area (Å²) in [6.07, 6.45) is 2.95. The van der Waals surface area contributed by atoms with Crippen molar-refractivity contribution in [2.75, 3.05) is 0 Å². The van der Waals surface area contributed by atoms with Crippen LogP contribution in [0.25, 0.3) is 32.9 Å². The highest BCUT2D eigenvalue weighted by Crippen LogP contribution is 2.35. The average Bonchev–Trinajstić information content (AvgIpc) is 2.65. The lowest BCUT2D eigenvalue weighted by Crippen LogP contribution is -1.95. The van der Waals surface area contributed by atoms with E-state index in [4.69, 9.17) is 0 Å². The topological polar surface area (TPSA) is 112 Å². The number of nitrogens with zero attached hydrogens (tertiary/aromatic N) is 4. The quantitative estimate of drug-likeness (QED) is 0.404. The zero-order valence-electron chi connectivity index (χ0n) is 13.2. The Morgan fingerprint density at radius 3 is 1.42 bits per heavy atom. The predicted molar refractivity (Wildman–Crippen MR) is 95.8 cm³/mol. The molecule has 2 aromatic carbocycles. The highest BCUT2D eigenvalue weighted by atomic mass is 16.6. The molecular weight excluding hydrogens is 336 g/mol. The summed E-state index contributed by atoms with van der Waals surface area (Å²) >= 11 is 0. The first-order valence-corrected chi connectivity index (χ1v) is 7.62. The first-order valence-electron chi connectivity index (χ1n) is 7.62. The summed E-state index contributed by atoms with van der Waals surface area (Å²) in [6.45, 7) is 0. The molecule has 0 N–H and O–H groups in total. The molecule has 26 heavy (non-hydrogen) atoms. The van der Waals surface area contributed by atoms with Crippen LogP contribution in [0, 0.1) is 20.2 Å². The molecule has 8 heteroatoms. The van der Waals surface area contributed by atoms with Gasteiger partial charge in [0.05, 0.1) is 32.0 Å². The van der Waals surface area contributed by atoms with Gasteiger partial charge in [0.15, 0.2) is 0 Å². The average molecular weight is 346 g/mol. The number of aromatic nitrogens is 2. The van der Waals surface area contributed by atoms with Gasteiger partial charge in [0.1, 0.15) is 0 Å². The minimum atomic E-state index is -0.451. The summed E-state index contributed by atoms with van der Waals surface area (Å²) in [4.78, 5) is 30.4. The van der Waals surface area contributed by atoms with Crippen molar-refractivity contribution in [3.8, 4) is 11.4 Å². The maximum absolute atomic E-state index is 11.3. The van der Waals surface area contributed by atoms with Crippen molar-refractivity contribution >= 4 is 32.9 Å².